The SMILES string of the molecule is [CH]C(CC(=O)NC)OC(=O)COC(=O)OC(C)CC(=O)NF. The fourth-order valence-corrected chi connectivity index (χ4v) is 1.19. The number of esters is 1. The number of ether oxygens (including phenoxy) is 3. The Bertz CT molecular complexity index is 378. The Kier molecular flexibility index (Phi) is 9.23. The lowest BCUT2D eigenvalue weighted by atomic mass is 10.3. The van der Waals surface area contributed by atoms with Gasteiger partial charge in [0, 0.05) is 14.0 Å². The third-order valence-corrected chi connectivity index (χ3v) is 2.13. The molecule has 0 rings (SSSR count). The number of halogens is 1. The summed E-state index contributed by atoms with van der Waals surface area (Å²) in [6.45, 7) is 5.89. The second-order valence-corrected chi connectivity index (χ2v) is 4.09. The first kappa shape index (κ1) is 19.6. The Morgan fingerprint density at radius 3 is 2.32 bits per heavy atom. The quantitative estimate of drug-likeness (QED) is 0.464. The monoisotopic (exact) mass is 320 g/mol. The minimum absolute atomic E-state index is 0.248. The van der Waals surface area contributed by atoms with E-state index >= 15 is 0 Å². The van der Waals surface area contributed by atoms with Gasteiger partial charge in [-0.2, -0.15) is 5.54 Å². The highest BCUT2D eigenvalue weighted by molar-refractivity contribution is 5.78. The molecule has 2 atom stereocenters. The highest BCUT2D eigenvalue weighted by atomic mass is 19.2. The summed E-state index contributed by atoms with van der Waals surface area (Å²) in [6.07, 6.45) is -4.03. The van der Waals surface area contributed by atoms with Gasteiger partial charge in [-0.1, -0.05) is 0 Å². The minimum Gasteiger partial charge on any atom is -0.459 e. The average molecular weight is 320 g/mol. The van der Waals surface area contributed by atoms with Gasteiger partial charge < -0.3 is 19.5 Å². The van der Waals surface area contributed by atoms with Gasteiger partial charge in [-0.25, -0.2) is 9.59 Å². The summed E-state index contributed by atoms with van der Waals surface area (Å²) in [5.74, 6) is -2.39. The molecule has 0 aliphatic rings. The molecule has 2 N–H and O–H groups in total. The molecule has 2 amide bonds. The largest absolute Gasteiger partial charge is 0.509 e. The smallest absolute Gasteiger partial charge is 0.459 e. The molecule has 2 radical (unpaired) electrons. The molecule has 22 heavy (non-hydrogen) atoms. The van der Waals surface area contributed by atoms with Crippen LogP contribution in [0, 0.1) is 6.92 Å². The highest BCUT2D eigenvalue weighted by Crippen LogP contribution is 2.01. The maximum absolute atomic E-state index is 11.7. The lowest BCUT2D eigenvalue weighted by Crippen LogP contribution is -2.28. The highest BCUT2D eigenvalue weighted by Gasteiger charge is 2.18. The zero-order chi connectivity index (χ0) is 17.1. The van der Waals surface area contributed by atoms with Crippen molar-refractivity contribution in [1.29, 1.82) is 0 Å². The summed E-state index contributed by atoms with van der Waals surface area (Å²) >= 11 is 0. The second kappa shape index (κ2) is 10.4. The number of carbonyl (C=O) groups excluding carboxylic acids is 4. The summed E-state index contributed by atoms with van der Waals surface area (Å²) in [5.41, 5.74) is 0.870. The van der Waals surface area contributed by atoms with Crippen LogP contribution >= 0.6 is 0 Å². The molecule has 0 aromatic carbocycles. The van der Waals surface area contributed by atoms with Crippen LogP contribution < -0.4 is 10.9 Å². The Hall–Kier alpha value is -2.39. The van der Waals surface area contributed by atoms with E-state index in [9.17, 15) is 23.7 Å². The van der Waals surface area contributed by atoms with Crippen LogP contribution in [-0.2, 0) is 28.6 Å². The summed E-state index contributed by atoms with van der Waals surface area (Å²) in [6, 6.07) is 0. The third-order valence-electron chi connectivity index (χ3n) is 2.13. The summed E-state index contributed by atoms with van der Waals surface area (Å²) in [7, 11) is 1.39. The molecule has 0 aromatic heterocycles. The normalized spacial score (nSPS) is 12.5. The Morgan fingerprint density at radius 2 is 1.77 bits per heavy atom. The summed E-state index contributed by atoms with van der Waals surface area (Å²) < 4.78 is 25.3. The number of hydrogen-bond donors (Lipinski definition) is 2. The molecular weight excluding hydrogens is 303 g/mol. The van der Waals surface area contributed by atoms with Gasteiger partial charge >= 0.3 is 12.1 Å². The number of carbonyl (C=O) groups is 4. The van der Waals surface area contributed by atoms with Crippen LogP contribution in [0.5, 0.6) is 0 Å². The molecule has 0 fully saturated rings. The fourth-order valence-electron chi connectivity index (χ4n) is 1.19. The summed E-state index contributed by atoms with van der Waals surface area (Å²) in [4.78, 5) is 44.0. The number of rotatable bonds is 8. The van der Waals surface area contributed by atoms with Gasteiger partial charge in [0.15, 0.2) is 6.61 Å². The predicted octanol–water partition coefficient (Wildman–Crippen LogP) is -0.322. The van der Waals surface area contributed by atoms with E-state index in [0.717, 1.165) is 5.54 Å². The first-order valence-electron chi connectivity index (χ1n) is 6.17. The minimum atomic E-state index is -1.24. The molecule has 10 heteroatoms. The van der Waals surface area contributed by atoms with Gasteiger partial charge in [0.05, 0.1) is 12.8 Å². The molecule has 0 spiro atoms. The molecule has 124 valence electrons. The Balaban J connectivity index is 3.96. The van der Waals surface area contributed by atoms with E-state index in [2.05, 4.69) is 19.5 Å². The molecule has 0 bridgehead atoms. The molecule has 0 saturated carbocycles. The van der Waals surface area contributed by atoms with E-state index in [4.69, 9.17) is 6.92 Å². The fraction of sp³-hybridized carbons (Fsp3) is 0.583. The number of hydrogen-bond acceptors (Lipinski definition) is 7. The van der Waals surface area contributed by atoms with Crippen molar-refractivity contribution in [2.75, 3.05) is 13.7 Å². The first-order valence-corrected chi connectivity index (χ1v) is 6.17. The van der Waals surface area contributed by atoms with Crippen LogP contribution in [0.2, 0.25) is 0 Å². The van der Waals surface area contributed by atoms with Crippen molar-refractivity contribution in [3.63, 3.8) is 0 Å². The van der Waals surface area contributed by atoms with E-state index in [1.165, 1.54) is 14.0 Å². The third kappa shape index (κ3) is 9.50. The molecule has 9 nitrogen and oxygen atoms in total. The zero-order valence-electron chi connectivity index (χ0n) is 12.1. The standard InChI is InChI=1S/C12H17FN2O7/c1-7(4-9(16)14-3)21-11(18)6-20-12(19)22-8(2)5-10(17)15-13/h1,7-8H,4-6H2,2-3H3,(H,14,16)(H,15,17). The van der Waals surface area contributed by atoms with Crippen LogP contribution in [0.1, 0.15) is 19.8 Å². The number of nitrogens with one attached hydrogen (secondary N) is 2. The van der Waals surface area contributed by atoms with Gasteiger partial charge in [-0.3, -0.25) is 9.59 Å². The molecule has 0 heterocycles. The van der Waals surface area contributed by atoms with Gasteiger partial charge in [0.2, 0.25) is 5.91 Å². The van der Waals surface area contributed by atoms with Crippen molar-refractivity contribution in [2.24, 2.45) is 0 Å². The molecule has 2 unspecified atom stereocenters. The van der Waals surface area contributed by atoms with Crippen LogP contribution in [-0.4, -0.2) is 49.8 Å². The van der Waals surface area contributed by atoms with Crippen molar-refractivity contribution < 1.29 is 37.9 Å². The molecule has 0 aromatic rings. The van der Waals surface area contributed by atoms with Gasteiger partial charge in [-0.05, 0) is 6.92 Å². The average Bonchev–Trinajstić information content (AvgIpc) is 2.44. The molecule has 0 aliphatic heterocycles. The van der Waals surface area contributed by atoms with Crippen LogP contribution in [0.25, 0.3) is 0 Å². The van der Waals surface area contributed by atoms with Gasteiger partial charge in [-0.15, -0.1) is 4.48 Å². The van der Waals surface area contributed by atoms with E-state index in [1.807, 2.05) is 0 Å². The second-order valence-electron chi connectivity index (χ2n) is 4.09. The van der Waals surface area contributed by atoms with Crippen LogP contribution in [0.15, 0.2) is 0 Å². The van der Waals surface area contributed by atoms with Crippen molar-refractivity contribution in [3.8, 4) is 0 Å². The Morgan fingerprint density at radius 1 is 1.14 bits per heavy atom. The summed E-state index contributed by atoms with van der Waals surface area (Å²) in [5, 5.41) is 2.29. The number of amides is 2. The molecule has 0 saturated heterocycles. The first-order chi connectivity index (χ1) is 10.3. The van der Waals surface area contributed by atoms with Crippen molar-refractivity contribution in [1.82, 2.24) is 10.9 Å². The van der Waals surface area contributed by atoms with Gasteiger partial charge in [0.1, 0.15) is 12.2 Å². The predicted molar refractivity (Wildman–Crippen MR) is 68.6 cm³/mol. The maximum Gasteiger partial charge on any atom is 0.509 e. The topological polar surface area (TPSA) is 120 Å². The van der Waals surface area contributed by atoms with Gasteiger partial charge in [0.25, 0.3) is 5.91 Å². The molecular formula is C12H17FN2O7. The zero-order valence-corrected chi connectivity index (χ0v) is 12.1. The van der Waals surface area contributed by atoms with E-state index in [0.29, 0.717) is 0 Å². The van der Waals surface area contributed by atoms with E-state index < -0.39 is 49.2 Å². The van der Waals surface area contributed by atoms with Crippen LogP contribution in [0.4, 0.5) is 9.28 Å². The van der Waals surface area contributed by atoms with E-state index in [1.54, 1.807) is 0 Å². The maximum atomic E-state index is 11.7. The molecule has 0 aliphatic carbocycles. The van der Waals surface area contributed by atoms with Crippen LogP contribution in [0.3, 0.4) is 0 Å². The van der Waals surface area contributed by atoms with Crippen molar-refractivity contribution in [3.05, 3.63) is 6.92 Å². The Labute approximate surface area is 126 Å². The van der Waals surface area contributed by atoms with Crippen molar-refractivity contribution in [2.45, 2.75) is 32.0 Å². The van der Waals surface area contributed by atoms with E-state index in [-0.39, 0.29) is 6.42 Å². The lowest BCUT2D eigenvalue weighted by molar-refractivity contribution is -0.152. The lowest BCUT2D eigenvalue weighted by Gasteiger charge is -2.13. The van der Waals surface area contributed by atoms with Crippen molar-refractivity contribution >= 4 is 23.9 Å².